The quantitative estimate of drug-likeness (QED) is 0.425. The van der Waals surface area contributed by atoms with E-state index in [1.54, 1.807) is 61.6 Å². The fourth-order valence-electron chi connectivity index (χ4n) is 5.57. The van der Waals surface area contributed by atoms with Crippen molar-refractivity contribution in [2.75, 3.05) is 20.8 Å². The highest BCUT2D eigenvalue weighted by Gasteiger charge is 2.51. The predicted molar refractivity (Wildman–Crippen MR) is 144 cm³/mol. The summed E-state index contributed by atoms with van der Waals surface area (Å²) in [4.78, 5) is 42.7. The second kappa shape index (κ2) is 13.2. The van der Waals surface area contributed by atoms with Crippen molar-refractivity contribution >= 4 is 17.8 Å². The van der Waals surface area contributed by atoms with E-state index in [1.807, 2.05) is 0 Å². The van der Waals surface area contributed by atoms with Crippen molar-refractivity contribution < 1.29 is 28.2 Å². The van der Waals surface area contributed by atoms with Crippen LogP contribution in [-0.2, 0) is 27.4 Å². The van der Waals surface area contributed by atoms with Gasteiger partial charge in [-0.05, 0) is 43.0 Å². The molecule has 2 aromatic carbocycles. The van der Waals surface area contributed by atoms with Crippen LogP contribution in [-0.4, -0.2) is 66.7 Å². The normalized spacial score (nSPS) is 23.1. The molecule has 2 aromatic rings. The maximum absolute atomic E-state index is 14.6. The van der Waals surface area contributed by atoms with Crippen LogP contribution in [0.5, 0.6) is 0 Å². The van der Waals surface area contributed by atoms with Gasteiger partial charge in [0.15, 0.2) is 0 Å². The molecule has 4 unspecified atom stereocenters. The van der Waals surface area contributed by atoms with Gasteiger partial charge in [-0.1, -0.05) is 50.1 Å². The number of hydrogen-bond donors (Lipinski definition) is 1. The molecule has 39 heavy (non-hydrogen) atoms. The minimum absolute atomic E-state index is 0.0433. The van der Waals surface area contributed by atoms with Gasteiger partial charge in [0.25, 0.3) is 5.91 Å². The highest BCUT2D eigenvalue weighted by molar-refractivity contribution is 5.99. The molecule has 1 N–H and O–H groups in total. The molecule has 9 heteroatoms. The average molecular weight is 540 g/mol. The number of amides is 4. The molecule has 0 bridgehead atoms. The van der Waals surface area contributed by atoms with Crippen molar-refractivity contribution in [3.05, 3.63) is 71.0 Å². The number of carbonyl (C=O) groups is 3. The Kier molecular flexibility index (Phi) is 9.69. The molecule has 1 saturated carbocycles. The summed E-state index contributed by atoms with van der Waals surface area (Å²) in [6.07, 6.45) is 3.31. The van der Waals surface area contributed by atoms with Crippen molar-refractivity contribution in [1.29, 1.82) is 0 Å². The first-order chi connectivity index (χ1) is 18.9. The Hall–Kier alpha value is -3.30. The molecule has 1 aliphatic heterocycles. The van der Waals surface area contributed by atoms with E-state index >= 15 is 0 Å². The van der Waals surface area contributed by atoms with E-state index < -0.39 is 23.8 Å². The fourth-order valence-corrected chi connectivity index (χ4v) is 5.57. The fraction of sp³-hybridized carbons (Fsp3) is 0.500. The van der Waals surface area contributed by atoms with Crippen molar-refractivity contribution in [2.24, 2.45) is 5.92 Å². The Morgan fingerprint density at radius 2 is 1.67 bits per heavy atom. The van der Waals surface area contributed by atoms with Crippen LogP contribution in [0, 0.1) is 11.7 Å². The number of nitrogens with one attached hydrogen (secondary N) is 1. The summed E-state index contributed by atoms with van der Waals surface area (Å²) in [6.45, 7) is 2.83. The summed E-state index contributed by atoms with van der Waals surface area (Å²) < 4.78 is 25.9. The summed E-state index contributed by atoms with van der Waals surface area (Å²) in [5, 5.41) is 2.91. The first-order valence-corrected chi connectivity index (χ1v) is 13.7. The van der Waals surface area contributed by atoms with Crippen LogP contribution in [0.25, 0.3) is 0 Å². The smallest absolute Gasteiger partial charge is 0.327 e. The van der Waals surface area contributed by atoms with Gasteiger partial charge in [-0.15, -0.1) is 0 Å². The van der Waals surface area contributed by atoms with Gasteiger partial charge in [0, 0.05) is 37.9 Å². The zero-order chi connectivity index (χ0) is 27.9. The first-order valence-electron chi connectivity index (χ1n) is 13.7. The molecule has 0 spiro atoms. The SMILES string of the molecule is CCCCCNC(=O)c1ccc(CN2C(=O)C3CC(OC)C(OC)CC3N(Cc3ccccc3F)C2=O)cc1. The number of rotatable bonds is 11. The maximum Gasteiger partial charge on any atom is 0.327 e. The van der Waals surface area contributed by atoms with Crippen molar-refractivity contribution in [2.45, 2.75) is 70.4 Å². The number of methoxy groups -OCH3 is 2. The number of nitrogens with zero attached hydrogens (tertiary/aromatic N) is 2. The predicted octanol–water partition coefficient (Wildman–Crippen LogP) is 4.52. The van der Waals surface area contributed by atoms with E-state index in [-0.39, 0.29) is 37.1 Å². The van der Waals surface area contributed by atoms with Crippen LogP contribution < -0.4 is 5.32 Å². The number of fused-ring (bicyclic) bond motifs is 1. The van der Waals surface area contributed by atoms with Crippen LogP contribution in [0.1, 0.15) is 60.5 Å². The van der Waals surface area contributed by atoms with E-state index in [2.05, 4.69) is 12.2 Å². The lowest BCUT2D eigenvalue weighted by Crippen LogP contribution is -2.64. The van der Waals surface area contributed by atoms with Crippen molar-refractivity contribution in [1.82, 2.24) is 15.1 Å². The number of ether oxygens (including phenoxy) is 2. The van der Waals surface area contributed by atoms with Crippen LogP contribution in [0.3, 0.4) is 0 Å². The molecule has 4 rings (SSSR count). The highest BCUT2D eigenvalue weighted by atomic mass is 19.1. The molecular formula is C30H38FN3O5. The minimum atomic E-state index is -0.501. The summed E-state index contributed by atoms with van der Waals surface area (Å²) in [6, 6.07) is 12.4. The van der Waals surface area contributed by atoms with Gasteiger partial charge in [0.2, 0.25) is 5.91 Å². The topological polar surface area (TPSA) is 88.2 Å². The number of imide groups is 1. The zero-order valence-electron chi connectivity index (χ0n) is 22.9. The lowest BCUT2D eigenvalue weighted by molar-refractivity contribution is -0.152. The monoisotopic (exact) mass is 539 g/mol. The molecular weight excluding hydrogens is 501 g/mol. The third-order valence-corrected chi connectivity index (χ3v) is 7.83. The van der Waals surface area contributed by atoms with Crippen LogP contribution in [0.15, 0.2) is 48.5 Å². The maximum atomic E-state index is 14.6. The molecule has 2 aliphatic rings. The van der Waals surface area contributed by atoms with Gasteiger partial charge < -0.3 is 19.7 Å². The van der Waals surface area contributed by atoms with E-state index in [9.17, 15) is 18.8 Å². The molecule has 2 fully saturated rings. The lowest BCUT2D eigenvalue weighted by atomic mass is 9.77. The Morgan fingerprint density at radius 3 is 2.33 bits per heavy atom. The third kappa shape index (κ3) is 6.47. The molecule has 4 atom stereocenters. The summed E-state index contributed by atoms with van der Waals surface area (Å²) in [7, 11) is 3.18. The van der Waals surface area contributed by atoms with Gasteiger partial charge in [0.1, 0.15) is 5.82 Å². The van der Waals surface area contributed by atoms with E-state index in [4.69, 9.17) is 9.47 Å². The number of urea groups is 1. The van der Waals surface area contributed by atoms with Crippen molar-refractivity contribution in [3.8, 4) is 0 Å². The Morgan fingerprint density at radius 1 is 0.974 bits per heavy atom. The molecule has 1 saturated heterocycles. The highest BCUT2D eigenvalue weighted by Crippen LogP contribution is 2.38. The largest absolute Gasteiger partial charge is 0.379 e. The number of halogens is 1. The molecule has 0 radical (unpaired) electrons. The number of unbranched alkanes of at least 4 members (excludes halogenated alkanes) is 2. The Balaban J connectivity index is 1.55. The second-order valence-electron chi connectivity index (χ2n) is 10.3. The number of carbonyl (C=O) groups excluding carboxylic acids is 3. The van der Waals surface area contributed by atoms with Crippen LogP contribution >= 0.6 is 0 Å². The Bertz CT molecular complexity index is 1160. The molecule has 1 aliphatic carbocycles. The standard InChI is InChI=1S/C30H38FN3O5/c1-4-5-8-15-32-28(35)21-13-11-20(12-14-21)18-34-29(36)23-16-26(38-2)27(39-3)17-25(23)33(30(34)37)19-22-9-6-7-10-24(22)31/h6-7,9-14,23,25-27H,4-5,8,15-19H2,1-3H3,(H,32,35). The third-order valence-electron chi connectivity index (χ3n) is 7.83. The average Bonchev–Trinajstić information content (AvgIpc) is 2.96. The van der Waals surface area contributed by atoms with Crippen LogP contribution in [0.2, 0.25) is 0 Å². The number of benzene rings is 2. The molecule has 0 aromatic heterocycles. The zero-order valence-corrected chi connectivity index (χ0v) is 22.9. The molecule has 8 nitrogen and oxygen atoms in total. The van der Waals surface area contributed by atoms with E-state index in [0.29, 0.717) is 30.5 Å². The minimum Gasteiger partial charge on any atom is -0.379 e. The first kappa shape index (κ1) is 28.7. The van der Waals surface area contributed by atoms with E-state index in [1.165, 1.54) is 11.0 Å². The summed E-state index contributed by atoms with van der Waals surface area (Å²) in [5.41, 5.74) is 1.63. The number of hydrogen-bond acceptors (Lipinski definition) is 5. The van der Waals surface area contributed by atoms with Gasteiger partial charge in [-0.3, -0.25) is 14.5 Å². The molecule has 210 valence electrons. The molecule has 4 amide bonds. The molecule has 1 heterocycles. The summed E-state index contributed by atoms with van der Waals surface area (Å²) in [5.74, 6) is -1.33. The van der Waals surface area contributed by atoms with Crippen LogP contribution in [0.4, 0.5) is 9.18 Å². The van der Waals surface area contributed by atoms with Crippen molar-refractivity contribution in [3.63, 3.8) is 0 Å². The van der Waals surface area contributed by atoms with E-state index in [0.717, 1.165) is 24.8 Å². The van der Waals surface area contributed by atoms with Gasteiger partial charge in [0.05, 0.1) is 31.2 Å². The van der Waals surface area contributed by atoms with Gasteiger partial charge in [-0.2, -0.15) is 0 Å². The lowest BCUT2D eigenvalue weighted by Gasteiger charge is -2.50. The van der Waals surface area contributed by atoms with Gasteiger partial charge in [-0.25, -0.2) is 9.18 Å². The van der Waals surface area contributed by atoms with Gasteiger partial charge >= 0.3 is 6.03 Å². The Labute approximate surface area is 229 Å². The second-order valence-corrected chi connectivity index (χ2v) is 10.3. The summed E-state index contributed by atoms with van der Waals surface area (Å²) >= 11 is 0.